The zero-order valence-electron chi connectivity index (χ0n) is 12.2. The van der Waals surface area contributed by atoms with Crippen LogP contribution in [0.2, 0.25) is 0 Å². The van der Waals surface area contributed by atoms with E-state index in [1.807, 2.05) is 31.2 Å². The van der Waals surface area contributed by atoms with Crippen molar-refractivity contribution < 1.29 is 19.8 Å². The number of carboxylic acid groups (broad SMARTS) is 1. The van der Waals surface area contributed by atoms with Gasteiger partial charge in [0.15, 0.2) is 0 Å². The van der Waals surface area contributed by atoms with Crippen molar-refractivity contribution in [3.63, 3.8) is 0 Å². The van der Waals surface area contributed by atoms with Gasteiger partial charge < -0.3 is 15.1 Å². The molecule has 2 amide bonds. The number of benzene rings is 1. The number of anilines is 1. The van der Waals surface area contributed by atoms with Crippen molar-refractivity contribution in [2.45, 2.75) is 31.9 Å². The van der Waals surface area contributed by atoms with Crippen LogP contribution in [0.15, 0.2) is 24.3 Å². The van der Waals surface area contributed by atoms with Gasteiger partial charge in [0.1, 0.15) is 6.04 Å². The summed E-state index contributed by atoms with van der Waals surface area (Å²) in [5.41, 5.74) is 1.86. The first-order chi connectivity index (χ1) is 9.93. The lowest BCUT2D eigenvalue weighted by Crippen LogP contribution is -2.47. The summed E-state index contributed by atoms with van der Waals surface area (Å²) in [5.74, 6) is -1.09. The molecule has 0 aromatic heterocycles. The van der Waals surface area contributed by atoms with E-state index in [1.165, 1.54) is 15.4 Å². The first-order valence-electron chi connectivity index (χ1n) is 6.98. The summed E-state index contributed by atoms with van der Waals surface area (Å²) in [6, 6.07) is 6.16. The van der Waals surface area contributed by atoms with E-state index in [0.29, 0.717) is 5.69 Å². The van der Waals surface area contributed by atoms with Crippen LogP contribution in [-0.4, -0.2) is 52.9 Å². The Morgan fingerprint density at radius 1 is 1.33 bits per heavy atom. The number of likely N-dealkylation sites (tertiary alicyclic amines) is 1. The molecule has 2 atom stereocenters. The Labute approximate surface area is 123 Å². The first kappa shape index (κ1) is 15.3. The Balaban J connectivity index is 2.15. The Morgan fingerprint density at radius 2 is 1.95 bits per heavy atom. The van der Waals surface area contributed by atoms with Crippen molar-refractivity contribution in [3.05, 3.63) is 29.8 Å². The molecule has 0 saturated carbocycles. The monoisotopic (exact) mass is 292 g/mol. The van der Waals surface area contributed by atoms with Gasteiger partial charge >= 0.3 is 12.0 Å². The van der Waals surface area contributed by atoms with Gasteiger partial charge in [-0.15, -0.1) is 0 Å². The zero-order valence-corrected chi connectivity index (χ0v) is 12.2. The lowest BCUT2D eigenvalue weighted by atomic mass is 10.1. The van der Waals surface area contributed by atoms with Gasteiger partial charge in [0, 0.05) is 25.7 Å². The Hall–Kier alpha value is -2.08. The van der Waals surface area contributed by atoms with Crippen LogP contribution in [0.4, 0.5) is 10.5 Å². The maximum Gasteiger partial charge on any atom is 0.326 e. The molecule has 0 spiro atoms. The summed E-state index contributed by atoms with van der Waals surface area (Å²) >= 11 is 0. The number of aryl methyl sites for hydroxylation is 1. The fourth-order valence-corrected chi connectivity index (χ4v) is 2.52. The number of β-amino-alcohol motifs (C(OH)–C–C–N with tert-alkyl or cyclic N) is 1. The van der Waals surface area contributed by atoms with Crippen molar-refractivity contribution in [1.29, 1.82) is 0 Å². The Bertz CT molecular complexity index is 529. The minimum Gasteiger partial charge on any atom is -0.480 e. The molecule has 21 heavy (non-hydrogen) atoms. The third kappa shape index (κ3) is 3.16. The number of urea groups is 1. The molecule has 0 bridgehead atoms. The largest absolute Gasteiger partial charge is 0.480 e. The van der Waals surface area contributed by atoms with Crippen LogP contribution in [0, 0.1) is 0 Å². The highest BCUT2D eigenvalue weighted by Gasteiger charge is 2.40. The van der Waals surface area contributed by atoms with E-state index in [-0.39, 0.29) is 13.0 Å². The van der Waals surface area contributed by atoms with Crippen LogP contribution in [0.3, 0.4) is 0 Å². The minimum atomic E-state index is -1.09. The fourth-order valence-electron chi connectivity index (χ4n) is 2.52. The van der Waals surface area contributed by atoms with Crippen LogP contribution in [0.1, 0.15) is 18.9 Å². The van der Waals surface area contributed by atoms with Gasteiger partial charge in [0.2, 0.25) is 0 Å². The van der Waals surface area contributed by atoms with Crippen LogP contribution in [0.5, 0.6) is 0 Å². The Kier molecular flexibility index (Phi) is 4.47. The number of aliphatic carboxylic acids is 1. The van der Waals surface area contributed by atoms with E-state index >= 15 is 0 Å². The van der Waals surface area contributed by atoms with E-state index < -0.39 is 24.1 Å². The quantitative estimate of drug-likeness (QED) is 0.880. The molecule has 6 nitrogen and oxygen atoms in total. The molecule has 2 N–H and O–H groups in total. The maximum atomic E-state index is 12.4. The molecule has 1 unspecified atom stereocenters. The van der Waals surface area contributed by atoms with Gasteiger partial charge in [-0.2, -0.15) is 0 Å². The van der Waals surface area contributed by atoms with Gasteiger partial charge in [0.05, 0.1) is 6.10 Å². The smallest absolute Gasteiger partial charge is 0.326 e. The molecule has 1 aromatic rings. The first-order valence-corrected chi connectivity index (χ1v) is 6.98. The average Bonchev–Trinajstić information content (AvgIpc) is 2.88. The summed E-state index contributed by atoms with van der Waals surface area (Å²) in [4.78, 5) is 26.2. The maximum absolute atomic E-state index is 12.4. The lowest BCUT2D eigenvalue weighted by molar-refractivity contribution is -0.141. The van der Waals surface area contributed by atoms with E-state index in [1.54, 1.807) is 7.05 Å². The summed E-state index contributed by atoms with van der Waals surface area (Å²) in [6.45, 7) is 2.10. The number of aliphatic hydroxyl groups is 1. The molecular formula is C15H20N2O4. The van der Waals surface area contributed by atoms with Gasteiger partial charge in [-0.25, -0.2) is 9.59 Å². The highest BCUT2D eigenvalue weighted by atomic mass is 16.4. The number of rotatable bonds is 3. The van der Waals surface area contributed by atoms with E-state index in [9.17, 15) is 14.7 Å². The Morgan fingerprint density at radius 3 is 2.48 bits per heavy atom. The van der Waals surface area contributed by atoms with Crippen molar-refractivity contribution in [3.8, 4) is 0 Å². The fraction of sp³-hybridized carbons (Fsp3) is 0.467. The zero-order chi connectivity index (χ0) is 15.6. The molecule has 1 aliphatic rings. The average molecular weight is 292 g/mol. The van der Waals surface area contributed by atoms with Crippen molar-refractivity contribution >= 4 is 17.7 Å². The third-order valence-electron chi connectivity index (χ3n) is 3.83. The molecule has 114 valence electrons. The van der Waals surface area contributed by atoms with Crippen LogP contribution in [0.25, 0.3) is 0 Å². The summed E-state index contributed by atoms with van der Waals surface area (Å²) in [7, 11) is 1.60. The molecule has 1 aliphatic heterocycles. The third-order valence-corrected chi connectivity index (χ3v) is 3.83. The number of hydrogen-bond acceptors (Lipinski definition) is 3. The summed E-state index contributed by atoms with van der Waals surface area (Å²) in [6.07, 6.45) is 0.201. The lowest BCUT2D eigenvalue weighted by Gasteiger charge is -2.27. The summed E-state index contributed by atoms with van der Waals surface area (Å²) < 4.78 is 0. The van der Waals surface area contributed by atoms with Crippen molar-refractivity contribution in [1.82, 2.24) is 4.90 Å². The van der Waals surface area contributed by atoms with Gasteiger partial charge in [-0.3, -0.25) is 4.90 Å². The van der Waals surface area contributed by atoms with E-state index in [4.69, 9.17) is 5.11 Å². The predicted octanol–water partition coefficient (Wildman–Crippen LogP) is 1.32. The van der Waals surface area contributed by atoms with Gasteiger partial charge in [-0.1, -0.05) is 19.1 Å². The standard InChI is InChI=1S/C15H20N2O4/c1-3-10-4-6-11(7-5-10)16(2)15(21)17-9-12(18)8-13(17)14(19)20/h4-7,12-13,18H,3,8-9H2,1-2H3,(H,19,20)/t12?,13-/m0/s1. The molecule has 6 heteroatoms. The predicted molar refractivity (Wildman–Crippen MR) is 78.4 cm³/mol. The number of hydrogen-bond donors (Lipinski definition) is 2. The van der Waals surface area contributed by atoms with Crippen LogP contribution in [-0.2, 0) is 11.2 Å². The van der Waals surface area contributed by atoms with Gasteiger partial charge in [-0.05, 0) is 24.1 Å². The molecule has 1 aromatic carbocycles. The van der Waals surface area contributed by atoms with Crippen LogP contribution < -0.4 is 4.90 Å². The topological polar surface area (TPSA) is 81.1 Å². The van der Waals surface area contributed by atoms with E-state index in [2.05, 4.69) is 0 Å². The second-order valence-electron chi connectivity index (χ2n) is 5.26. The second kappa shape index (κ2) is 6.13. The highest BCUT2D eigenvalue weighted by Crippen LogP contribution is 2.22. The molecule has 2 rings (SSSR count). The highest BCUT2D eigenvalue weighted by molar-refractivity contribution is 5.94. The second-order valence-corrected chi connectivity index (χ2v) is 5.26. The van der Waals surface area contributed by atoms with Crippen LogP contribution >= 0.6 is 0 Å². The molecule has 1 heterocycles. The van der Waals surface area contributed by atoms with Gasteiger partial charge in [0.25, 0.3) is 0 Å². The van der Waals surface area contributed by atoms with E-state index in [0.717, 1.165) is 6.42 Å². The number of nitrogens with zero attached hydrogens (tertiary/aromatic N) is 2. The number of carboxylic acids is 1. The minimum absolute atomic E-state index is 0.0488. The molecule has 1 saturated heterocycles. The normalized spacial score (nSPS) is 21.4. The summed E-state index contributed by atoms with van der Waals surface area (Å²) in [5, 5.41) is 18.8. The molecule has 1 fully saturated rings. The number of carbonyl (C=O) groups is 2. The SMILES string of the molecule is CCc1ccc(N(C)C(=O)N2CC(O)C[C@H]2C(=O)O)cc1. The number of amides is 2. The molecule has 0 radical (unpaired) electrons. The molecule has 0 aliphatic carbocycles. The molecular weight excluding hydrogens is 272 g/mol. The number of carbonyl (C=O) groups excluding carboxylic acids is 1. The number of aliphatic hydroxyl groups excluding tert-OH is 1. The van der Waals surface area contributed by atoms with Crippen molar-refractivity contribution in [2.24, 2.45) is 0 Å². The van der Waals surface area contributed by atoms with Crippen molar-refractivity contribution in [2.75, 3.05) is 18.5 Å².